The maximum absolute atomic E-state index is 13.4. The molecule has 8 heteroatoms. The van der Waals surface area contributed by atoms with Crippen LogP contribution in [0.4, 0.5) is 11.6 Å². The molecular formula is C22H23N5O3. The Morgan fingerprint density at radius 1 is 1.10 bits per heavy atom. The van der Waals surface area contributed by atoms with Gasteiger partial charge in [-0.1, -0.05) is 29.8 Å². The van der Waals surface area contributed by atoms with Crippen molar-refractivity contribution < 1.29 is 14.3 Å². The van der Waals surface area contributed by atoms with E-state index in [-0.39, 0.29) is 5.91 Å². The largest absolute Gasteiger partial charge is 0.497 e. The fourth-order valence-corrected chi connectivity index (χ4v) is 3.53. The molecular weight excluding hydrogens is 382 g/mol. The molecule has 2 heterocycles. The van der Waals surface area contributed by atoms with Crippen LogP contribution in [0.25, 0.3) is 0 Å². The van der Waals surface area contributed by atoms with Gasteiger partial charge < -0.3 is 20.1 Å². The third-order valence-corrected chi connectivity index (χ3v) is 5.09. The molecule has 154 valence electrons. The smallest absolute Gasteiger partial charge is 0.255 e. The van der Waals surface area contributed by atoms with E-state index in [9.17, 15) is 4.79 Å². The van der Waals surface area contributed by atoms with E-state index in [1.54, 1.807) is 37.1 Å². The van der Waals surface area contributed by atoms with Crippen molar-refractivity contribution in [2.75, 3.05) is 24.9 Å². The first-order chi connectivity index (χ1) is 14.5. The molecule has 0 saturated heterocycles. The van der Waals surface area contributed by atoms with Gasteiger partial charge in [0, 0.05) is 11.8 Å². The number of hydrogen-bond acceptors (Lipinski definition) is 6. The van der Waals surface area contributed by atoms with Gasteiger partial charge in [0.05, 0.1) is 25.5 Å². The molecule has 1 amide bonds. The van der Waals surface area contributed by atoms with Gasteiger partial charge in [-0.2, -0.15) is 10.1 Å². The average molecular weight is 405 g/mol. The van der Waals surface area contributed by atoms with Crippen LogP contribution in [0.15, 0.2) is 60.1 Å². The van der Waals surface area contributed by atoms with E-state index in [1.165, 1.54) is 6.33 Å². The van der Waals surface area contributed by atoms with Crippen molar-refractivity contribution in [3.8, 4) is 11.5 Å². The quantitative estimate of drug-likeness (QED) is 0.675. The maximum Gasteiger partial charge on any atom is 0.255 e. The van der Waals surface area contributed by atoms with Crippen molar-refractivity contribution in [1.29, 1.82) is 0 Å². The molecule has 8 nitrogen and oxygen atoms in total. The van der Waals surface area contributed by atoms with Gasteiger partial charge in [-0.15, -0.1) is 0 Å². The maximum atomic E-state index is 13.4. The lowest BCUT2D eigenvalue weighted by molar-refractivity contribution is -0.113. The van der Waals surface area contributed by atoms with E-state index in [4.69, 9.17) is 9.47 Å². The minimum Gasteiger partial charge on any atom is -0.497 e. The molecule has 1 aromatic heterocycles. The van der Waals surface area contributed by atoms with Crippen LogP contribution in [0, 0.1) is 6.92 Å². The summed E-state index contributed by atoms with van der Waals surface area (Å²) in [6.07, 6.45) is 1.48. The summed E-state index contributed by atoms with van der Waals surface area (Å²) in [7, 11) is 3.13. The lowest BCUT2D eigenvalue weighted by Gasteiger charge is -2.29. The van der Waals surface area contributed by atoms with Crippen molar-refractivity contribution in [2.24, 2.45) is 0 Å². The predicted octanol–water partition coefficient (Wildman–Crippen LogP) is 3.53. The van der Waals surface area contributed by atoms with Crippen LogP contribution >= 0.6 is 0 Å². The van der Waals surface area contributed by atoms with Crippen LogP contribution in [-0.4, -0.2) is 34.9 Å². The minimum absolute atomic E-state index is 0.254. The summed E-state index contributed by atoms with van der Waals surface area (Å²) in [5, 5.41) is 10.5. The zero-order valence-electron chi connectivity index (χ0n) is 17.3. The third-order valence-electron chi connectivity index (χ3n) is 5.09. The molecule has 30 heavy (non-hydrogen) atoms. The molecule has 0 aliphatic carbocycles. The molecule has 2 aromatic carbocycles. The SMILES string of the molecule is COc1ccc(NC(=O)C2=C(C)Nc3ncnn3[C@H]2c2ccc(C)cc2)c(OC)c1. The Bertz CT molecular complexity index is 1120. The number of amides is 1. The highest BCUT2D eigenvalue weighted by Crippen LogP contribution is 2.36. The van der Waals surface area contributed by atoms with Crippen LogP contribution in [0.2, 0.25) is 0 Å². The Morgan fingerprint density at radius 3 is 2.57 bits per heavy atom. The van der Waals surface area contributed by atoms with E-state index in [2.05, 4.69) is 20.7 Å². The van der Waals surface area contributed by atoms with E-state index in [1.807, 2.05) is 38.1 Å². The summed E-state index contributed by atoms with van der Waals surface area (Å²) in [4.78, 5) is 17.7. The van der Waals surface area contributed by atoms with E-state index in [0.717, 1.165) is 11.1 Å². The van der Waals surface area contributed by atoms with Gasteiger partial charge in [0.2, 0.25) is 5.95 Å². The zero-order valence-corrected chi connectivity index (χ0v) is 17.3. The Hall–Kier alpha value is -3.81. The predicted molar refractivity (Wildman–Crippen MR) is 114 cm³/mol. The number of nitrogens with one attached hydrogen (secondary N) is 2. The third kappa shape index (κ3) is 3.47. The van der Waals surface area contributed by atoms with Crippen molar-refractivity contribution >= 4 is 17.5 Å². The number of carbonyl (C=O) groups excluding carboxylic acids is 1. The Labute approximate surface area is 174 Å². The van der Waals surface area contributed by atoms with E-state index < -0.39 is 6.04 Å². The minimum atomic E-state index is -0.409. The standard InChI is InChI=1S/C22H23N5O3/c1-13-5-7-15(8-6-13)20-19(14(2)25-22-23-12-24-27(20)22)21(28)26-17-10-9-16(29-3)11-18(17)30-4/h5-12,20H,1-4H3,(H,26,28)(H,23,24,25)/t20-/m0/s1. The normalized spacial score (nSPS) is 15.3. The van der Waals surface area contributed by atoms with Crippen LogP contribution in [0.1, 0.15) is 24.1 Å². The average Bonchev–Trinajstić information content (AvgIpc) is 3.21. The molecule has 0 spiro atoms. The fraction of sp³-hybridized carbons (Fsp3) is 0.227. The summed E-state index contributed by atoms with van der Waals surface area (Å²) >= 11 is 0. The van der Waals surface area contributed by atoms with Gasteiger partial charge in [0.1, 0.15) is 23.9 Å². The van der Waals surface area contributed by atoms with Crippen LogP contribution < -0.4 is 20.1 Å². The van der Waals surface area contributed by atoms with Gasteiger partial charge in [-0.05, 0) is 31.5 Å². The molecule has 1 atom stereocenters. The highest BCUT2D eigenvalue weighted by atomic mass is 16.5. The summed E-state index contributed by atoms with van der Waals surface area (Å²) < 4.78 is 12.4. The number of rotatable bonds is 5. The fourth-order valence-electron chi connectivity index (χ4n) is 3.53. The number of hydrogen-bond donors (Lipinski definition) is 2. The number of allylic oxidation sites excluding steroid dienone is 1. The summed E-state index contributed by atoms with van der Waals surface area (Å²) in [5.74, 6) is 1.49. The number of benzene rings is 2. The van der Waals surface area contributed by atoms with E-state index >= 15 is 0 Å². The number of anilines is 2. The van der Waals surface area contributed by atoms with Gasteiger partial charge in [0.15, 0.2) is 0 Å². The second kappa shape index (κ2) is 7.90. The molecule has 4 rings (SSSR count). The molecule has 0 saturated carbocycles. The number of aryl methyl sites for hydroxylation is 1. The highest BCUT2D eigenvalue weighted by Gasteiger charge is 2.33. The Balaban J connectivity index is 1.74. The second-order valence-electron chi connectivity index (χ2n) is 7.03. The molecule has 0 unspecified atom stereocenters. The van der Waals surface area contributed by atoms with Crippen molar-refractivity contribution in [3.63, 3.8) is 0 Å². The van der Waals surface area contributed by atoms with Crippen molar-refractivity contribution in [3.05, 3.63) is 71.2 Å². The molecule has 0 radical (unpaired) electrons. The summed E-state index contributed by atoms with van der Waals surface area (Å²) in [6, 6.07) is 12.9. The number of methoxy groups -OCH3 is 2. The zero-order chi connectivity index (χ0) is 21.3. The summed E-state index contributed by atoms with van der Waals surface area (Å²) in [5.41, 5.74) is 3.90. The van der Waals surface area contributed by atoms with Gasteiger partial charge >= 0.3 is 0 Å². The number of aromatic nitrogens is 3. The lowest BCUT2D eigenvalue weighted by atomic mass is 9.94. The Morgan fingerprint density at radius 2 is 1.87 bits per heavy atom. The van der Waals surface area contributed by atoms with Crippen molar-refractivity contribution in [1.82, 2.24) is 14.8 Å². The van der Waals surface area contributed by atoms with Gasteiger partial charge in [0.25, 0.3) is 5.91 Å². The lowest BCUT2D eigenvalue weighted by Crippen LogP contribution is -2.31. The highest BCUT2D eigenvalue weighted by molar-refractivity contribution is 6.06. The number of carbonyl (C=O) groups is 1. The van der Waals surface area contributed by atoms with Crippen LogP contribution in [0.5, 0.6) is 11.5 Å². The van der Waals surface area contributed by atoms with Crippen LogP contribution in [-0.2, 0) is 4.79 Å². The first-order valence-electron chi connectivity index (χ1n) is 9.49. The molecule has 0 fully saturated rings. The Kier molecular flexibility index (Phi) is 5.14. The first-order valence-corrected chi connectivity index (χ1v) is 9.49. The first kappa shape index (κ1) is 19.5. The number of fused-ring (bicyclic) bond motifs is 1. The van der Waals surface area contributed by atoms with Crippen LogP contribution in [0.3, 0.4) is 0 Å². The number of nitrogens with zero attached hydrogens (tertiary/aromatic N) is 3. The monoisotopic (exact) mass is 405 g/mol. The molecule has 3 aromatic rings. The topological polar surface area (TPSA) is 90.3 Å². The van der Waals surface area contributed by atoms with Gasteiger partial charge in [-0.3, -0.25) is 4.79 Å². The number of ether oxygens (including phenoxy) is 2. The molecule has 1 aliphatic heterocycles. The second-order valence-corrected chi connectivity index (χ2v) is 7.03. The molecule has 0 bridgehead atoms. The van der Waals surface area contributed by atoms with E-state index in [0.29, 0.717) is 34.4 Å². The summed E-state index contributed by atoms with van der Waals surface area (Å²) in [6.45, 7) is 3.89. The molecule has 1 aliphatic rings. The van der Waals surface area contributed by atoms with Gasteiger partial charge in [-0.25, -0.2) is 4.68 Å². The van der Waals surface area contributed by atoms with Crippen molar-refractivity contribution in [2.45, 2.75) is 19.9 Å². The molecule has 2 N–H and O–H groups in total.